The van der Waals surface area contributed by atoms with E-state index in [4.69, 9.17) is 0 Å². The van der Waals surface area contributed by atoms with Gasteiger partial charge in [-0.25, -0.2) is 4.98 Å². The lowest BCUT2D eigenvalue weighted by molar-refractivity contribution is -0.386. The van der Waals surface area contributed by atoms with Crippen LogP contribution in [0.5, 0.6) is 0 Å². The maximum absolute atomic E-state index is 4.44. The first-order chi connectivity index (χ1) is 6.79. The Morgan fingerprint density at radius 2 is 2.00 bits per heavy atom. The van der Waals surface area contributed by atoms with E-state index in [0.29, 0.717) is 0 Å². The van der Waals surface area contributed by atoms with Gasteiger partial charge >= 0.3 is 0 Å². The third kappa shape index (κ3) is 1.84. The van der Waals surface area contributed by atoms with E-state index in [2.05, 4.69) is 40.4 Å². The average molecular weight is 205 g/mol. The summed E-state index contributed by atoms with van der Waals surface area (Å²) >= 11 is 1.69. The normalized spacial score (nSPS) is 10.4. The van der Waals surface area contributed by atoms with Crippen LogP contribution >= 0.6 is 11.3 Å². The van der Waals surface area contributed by atoms with Gasteiger partial charge in [0.05, 0.1) is 17.2 Å². The predicted molar refractivity (Wildman–Crippen MR) is 58.9 cm³/mol. The molecule has 0 saturated heterocycles. The average Bonchev–Trinajstić information content (AvgIpc) is 2.65. The molecule has 72 valence electrons. The number of quaternary nitrogens is 1. The molecule has 3 N–H and O–H groups in total. The molecule has 2 aromatic rings. The van der Waals surface area contributed by atoms with E-state index in [1.54, 1.807) is 11.3 Å². The number of aryl methyl sites for hydroxylation is 1. The van der Waals surface area contributed by atoms with Gasteiger partial charge in [0, 0.05) is 16.5 Å². The molecule has 1 aromatic heterocycles. The largest absolute Gasteiger partial charge is 0.354 e. The van der Waals surface area contributed by atoms with Gasteiger partial charge in [0.25, 0.3) is 0 Å². The van der Waals surface area contributed by atoms with E-state index in [0.717, 1.165) is 17.2 Å². The summed E-state index contributed by atoms with van der Waals surface area (Å²) in [5, 5.41) is 3.20. The van der Waals surface area contributed by atoms with Crippen molar-refractivity contribution in [1.29, 1.82) is 0 Å². The van der Waals surface area contributed by atoms with Crippen molar-refractivity contribution in [1.82, 2.24) is 4.98 Å². The van der Waals surface area contributed by atoms with E-state index in [-0.39, 0.29) is 0 Å². The van der Waals surface area contributed by atoms with Crippen molar-refractivity contribution in [3.63, 3.8) is 0 Å². The second-order valence-electron chi connectivity index (χ2n) is 3.20. The van der Waals surface area contributed by atoms with Crippen molar-refractivity contribution >= 4 is 11.3 Å². The number of hydrogen-bond donors (Lipinski definition) is 1. The molecule has 0 fully saturated rings. The molecule has 0 aliphatic rings. The maximum atomic E-state index is 4.44. The highest BCUT2D eigenvalue weighted by atomic mass is 32.1. The lowest BCUT2D eigenvalue weighted by atomic mass is 10.1. The van der Waals surface area contributed by atoms with Crippen LogP contribution in [0.25, 0.3) is 11.3 Å². The van der Waals surface area contributed by atoms with E-state index >= 15 is 0 Å². The van der Waals surface area contributed by atoms with Crippen molar-refractivity contribution < 1.29 is 5.73 Å². The standard InChI is InChI=1S/C11H12N2S/c1-8-13-11(7-14-8)10-4-2-9(6-12)3-5-10/h2-5,7H,6,12H2,1H3/p+1. The number of thiazole rings is 1. The first-order valence-electron chi connectivity index (χ1n) is 4.60. The second kappa shape index (κ2) is 3.90. The molecule has 0 amide bonds. The summed E-state index contributed by atoms with van der Waals surface area (Å²) in [5.74, 6) is 0. The Kier molecular flexibility index (Phi) is 2.61. The quantitative estimate of drug-likeness (QED) is 0.798. The minimum absolute atomic E-state index is 0.844. The van der Waals surface area contributed by atoms with Gasteiger partial charge in [0.2, 0.25) is 0 Å². The molecule has 2 nitrogen and oxygen atoms in total. The zero-order valence-corrected chi connectivity index (χ0v) is 8.97. The molecule has 0 aliphatic carbocycles. The van der Waals surface area contributed by atoms with Crippen molar-refractivity contribution in [3.05, 3.63) is 40.2 Å². The lowest BCUT2D eigenvalue weighted by Crippen LogP contribution is -2.47. The minimum Gasteiger partial charge on any atom is -0.354 e. The molecule has 0 saturated carbocycles. The van der Waals surface area contributed by atoms with Crippen LogP contribution in [-0.2, 0) is 6.54 Å². The first-order valence-corrected chi connectivity index (χ1v) is 5.48. The van der Waals surface area contributed by atoms with Gasteiger partial charge < -0.3 is 5.73 Å². The lowest BCUT2D eigenvalue weighted by Gasteiger charge is -1.97. The summed E-state index contributed by atoms with van der Waals surface area (Å²) in [4.78, 5) is 4.44. The molecular weight excluding hydrogens is 192 g/mol. The van der Waals surface area contributed by atoms with E-state index in [1.807, 2.05) is 6.92 Å². The van der Waals surface area contributed by atoms with Crippen molar-refractivity contribution in [3.8, 4) is 11.3 Å². The minimum atomic E-state index is 0.844. The Morgan fingerprint density at radius 1 is 1.29 bits per heavy atom. The predicted octanol–water partition coefficient (Wildman–Crippen LogP) is 1.86. The van der Waals surface area contributed by atoms with Crippen molar-refractivity contribution in [2.45, 2.75) is 13.5 Å². The van der Waals surface area contributed by atoms with Crippen LogP contribution in [0, 0.1) is 6.92 Å². The van der Waals surface area contributed by atoms with Crippen LogP contribution in [0.2, 0.25) is 0 Å². The number of nitrogens with zero attached hydrogens (tertiary/aromatic N) is 1. The highest BCUT2D eigenvalue weighted by Gasteiger charge is 2.01. The van der Waals surface area contributed by atoms with E-state index in [9.17, 15) is 0 Å². The molecule has 3 heteroatoms. The molecule has 0 unspecified atom stereocenters. The van der Waals surface area contributed by atoms with E-state index in [1.165, 1.54) is 11.1 Å². The number of rotatable bonds is 2. The van der Waals surface area contributed by atoms with Crippen LogP contribution in [0.1, 0.15) is 10.6 Å². The number of hydrogen-bond acceptors (Lipinski definition) is 2. The molecular formula is C11H13N2S+. The maximum Gasteiger partial charge on any atom is 0.0997 e. The molecule has 2 rings (SSSR count). The smallest absolute Gasteiger partial charge is 0.0997 e. The molecule has 1 heterocycles. The van der Waals surface area contributed by atoms with Crippen molar-refractivity contribution in [2.24, 2.45) is 0 Å². The monoisotopic (exact) mass is 205 g/mol. The highest BCUT2D eigenvalue weighted by Crippen LogP contribution is 2.21. The number of aromatic nitrogens is 1. The molecule has 0 atom stereocenters. The van der Waals surface area contributed by atoms with Crippen LogP contribution in [0.3, 0.4) is 0 Å². The Labute approximate surface area is 87.4 Å². The summed E-state index contributed by atoms with van der Waals surface area (Å²) in [6, 6.07) is 8.43. The first kappa shape index (κ1) is 9.37. The van der Waals surface area contributed by atoms with Crippen molar-refractivity contribution in [2.75, 3.05) is 0 Å². The van der Waals surface area contributed by atoms with Crippen LogP contribution in [-0.4, -0.2) is 4.98 Å². The summed E-state index contributed by atoms with van der Waals surface area (Å²) in [6.07, 6.45) is 0. The van der Waals surface area contributed by atoms with Gasteiger partial charge in [-0.2, -0.15) is 0 Å². The van der Waals surface area contributed by atoms with E-state index < -0.39 is 0 Å². The van der Waals surface area contributed by atoms with Gasteiger partial charge in [-0.1, -0.05) is 24.3 Å². The molecule has 14 heavy (non-hydrogen) atoms. The second-order valence-corrected chi connectivity index (χ2v) is 4.26. The van der Waals surface area contributed by atoms with Gasteiger partial charge in [-0.15, -0.1) is 11.3 Å². The van der Waals surface area contributed by atoms with Crippen LogP contribution < -0.4 is 5.73 Å². The fourth-order valence-electron chi connectivity index (χ4n) is 1.34. The van der Waals surface area contributed by atoms with Gasteiger partial charge in [-0.05, 0) is 6.92 Å². The fraction of sp³-hybridized carbons (Fsp3) is 0.182. The summed E-state index contributed by atoms with van der Waals surface area (Å²) < 4.78 is 0. The third-order valence-corrected chi connectivity index (χ3v) is 2.93. The Balaban J connectivity index is 2.33. The molecule has 0 radical (unpaired) electrons. The highest BCUT2D eigenvalue weighted by molar-refractivity contribution is 7.09. The van der Waals surface area contributed by atoms with Gasteiger partial charge in [-0.3, -0.25) is 0 Å². The Morgan fingerprint density at radius 3 is 2.50 bits per heavy atom. The zero-order chi connectivity index (χ0) is 9.97. The van der Waals surface area contributed by atoms with Gasteiger partial charge in [0.1, 0.15) is 0 Å². The van der Waals surface area contributed by atoms with Gasteiger partial charge in [0.15, 0.2) is 0 Å². The van der Waals surface area contributed by atoms with Crippen LogP contribution in [0.15, 0.2) is 29.6 Å². The summed E-state index contributed by atoms with van der Waals surface area (Å²) in [5.41, 5.74) is 7.37. The van der Waals surface area contributed by atoms with Crippen LogP contribution in [0.4, 0.5) is 0 Å². The Bertz CT molecular complexity index is 417. The fourth-order valence-corrected chi connectivity index (χ4v) is 1.96. The Hall–Kier alpha value is -1.19. The molecule has 0 aliphatic heterocycles. The topological polar surface area (TPSA) is 40.5 Å². The molecule has 0 spiro atoms. The molecule has 0 bridgehead atoms. The molecule has 1 aromatic carbocycles. The summed E-state index contributed by atoms with van der Waals surface area (Å²) in [7, 11) is 0. The SMILES string of the molecule is Cc1nc(-c2ccc(C[NH3+])cc2)cs1. The number of benzene rings is 1. The summed E-state index contributed by atoms with van der Waals surface area (Å²) in [6.45, 7) is 2.87. The zero-order valence-electron chi connectivity index (χ0n) is 8.16. The third-order valence-electron chi connectivity index (χ3n) is 2.16.